The summed E-state index contributed by atoms with van der Waals surface area (Å²) in [6, 6.07) is 16.2. The lowest BCUT2D eigenvalue weighted by Gasteiger charge is -2.15. The van der Waals surface area contributed by atoms with Crippen LogP contribution in [0.3, 0.4) is 0 Å². The van der Waals surface area contributed by atoms with Gasteiger partial charge in [0.25, 0.3) is 0 Å². The molecule has 1 heterocycles. The summed E-state index contributed by atoms with van der Waals surface area (Å²) < 4.78 is 8.01. The summed E-state index contributed by atoms with van der Waals surface area (Å²) in [6.45, 7) is 3.80. The molecule has 26 heavy (non-hydrogen) atoms. The van der Waals surface area contributed by atoms with E-state index in [2.05, 4.69) is 48.7 Å². The van der Waals surface area contributed by atoms with Crippen molar-refractivity contribution in [3.8, 4) is 5.75 Å². The van der Waals surface area contributed by atoms with Gasteiger partial charge in [-0.05, 0) is 36.8 Å². The molecule has 3 aromatic rings. The number of aryl methyl sites for hydroxylation is 1. The Morgan fingerprint density at radius 3 is 2.69 bits per heavy atom. The van der Waals surface area contributed by atoms with Gasteiger partial charge in [-0.25, -0.2) is 0 Å². The Morgan fingerprint density at radius 2 is 1.92 bits per heavy atom. The third-order valence-electron chi connectivity index (χ3n) is 4.13. The molecule has 2 N–H and O–H groups in total. The summed E-state index contributed by atoms with van der Waals surface area (Å²) in [5.74, 6) is 0.780. The van der Waals surface area contributed by atoms with Crippen LogP contribution < -0.4 is 15.0 Å². The number of para-hydroxylation sites is 2. The normalized spacial score (nSPS) is 12.0. The molecule has 0 bridgehead atoms. The minimum atomic E-state index is 0.720. The Kier molecular flexibility index (Phi) is 6.03. The SMILES string of the molecule is COc1ccccc1Nc1nn(C[NH+](C)Cc2ccccc2C)c(=S)s1. The van der Waals surface area contributed by atoms with E-state index >= 15 is 0 Å². The number of nitrogens with zero attached hydrogens (tertiary/aromatic N) is 2. The number of benzene rings is 2. The Hall–Kier alpha value is -2.22. The van der Waals surface area contributed by atoms with Gasteiger partial charge in [0.1, 0.15) is 12.3 Å². The largest absolute Gasteiger partial charge is 0.495 e. The third kappa shape index (κ3) is 4.49. The fraction of sp³-hybridized carbons (Fsp3) is 0.263. The van der Waals surface area contributed by atoms with Crippen molar-refractivity contribution < 1.29 is 9.64 Å². The molecular weight excluding hydrogens is 364 g/mol. The molecule has 2 aromatic carbocycles. The lowest BCUT2D eigenvalue weighted by Crippen LogP contribution is -3.07. The number of ether oxygens (including phenoxy) is 1. The van der Waals surface area contributed by atoms with Gasteiger partial charge in [-0.15, -0.1) is 5.10 Å². The van der Waals surface area contributed by atoms with Crippen molar-refractivity contribution in [1.82, 2.24) is 9.78 Å². The summed E-state index contributed by atoms with van der Waals surface area (Å²) in [5, 5.41) is 8.70. The highest BCUT2D eigenvalue weighted by atomic mass is 32.1. The first-order valence-corrected chi connectivity index (χ1v) is 9.63. The predicted octanol–water partition coefficient (Wildman–Crippen LogP) is 3.41. The fourth-order valence-corrected chi connectivity index (χ4v) is 3.78. The Bertz CT molecular complexity index is 935. The lowest BCUT2D eigenvalue weighted by molar-refractivity contribution is -0.917. The van der Waals surface area contributed by atoms with Gasteiger partial charge in [0.05, 0.1) is 19.8 Å². The van der Waals surface area contributed by atoms with Crippen LogP contribution in [0.1, 0.15) is 11.1 Å². The quantitative estimate of drug-likeness (QED) is 0.610. The maximum absolute atomic E-state index is 5.49. The van der Waals surface area contributed by atoms with Crippen LogP contribution in [0, 0.1) is 10.9 Å². The van der Waals surface area contributed by atoms with Gasteiger partial charge in [0, 0.05) is 5.56 Å². The molecule has 1 aromatic heterocycles. The first-order valence-electron chi connectivity index (χ1n) is 8.40. The monoisotopic (exact) mass is 387 g/mol. The Labute approximate surface area is 162 Å². The maximum Gasteiger partial charge on any atom is 0.209 e. The first-order chi connectivity index (χ1) is 12.6. The van der Waals surface area contributed by atoms with Gasteiger partial charge in [0.15, 0.2) is 10.6 Å². The van der Waals surface area contributed by atoms with Crippen molar-refractivity contribution in [3.63, 3.8) is 0 Å². The van der Waals surface area contributed by atoms with E-state index in [4.69, 9.17) is 17.0 Å². The number of quaternary nitrogens is 1. The predicted molar refractivity (Wildman–Crippen MR) is 109 cm³/mol. The molecule has 136 valence electrons. The third-order valence-corrected chi connectivity index (χ3v) is 5.35. The van der Waals surface area contributed by atoms with Gasteiger partial charge < -0.3 is 15.0 Å². The molecule has 1 unspecified atom stereocenters. The second-order valence-corrected chi connectivity index (χ2v) is 7.84. The van der Waals surface area contributed by atoms with E-state index in [1.54, 1.807) is 7.11 Å². The van der Waals surface area contributed by atoms with Gasteiger partial charge in [-0.1, -0.05) is 47.7 Å². The Morgan fingerprint density at radius 1 is 1.19 bits per heavy atom. The maximum atomic E-state index is 5.49. The number of anilines is 2. The lowest BCUT2D eigenvalue weighted by atomic mass is 10.1. The van der Waals surface area contributed by atoms with Crippen LogP contribution in [0.2, 0.25) is 0 Å². The molecule has 0 spiro atoms. The average Bonchev–Trinajstić information content (AvgIpc) is 2.96. The zero-order valence-corrected chi connectivity index (χ0v) is 16.8. The van der Waals surface area contributed by atoms with Crippen molar-refractivity contribution in [1.29, 1.82) is 0 Å². The minimum Gasteiger partial charge on any atom is -0.495 e. The van der Waals surface area contributed by atoms with Crippen LogP contribution in [-0.2, 0) is 13.2 Å². The first kappa shape index (κ1) is 18.6. The number of nitrogens with one attached hydrogen (secondary N) is 2. The standard InChI is InChI=1S/C19H22N4OS2/c1-14-8-4-5-9-15(14)12-22(2)13-23-19(25)26-18(21-23)20-16-10-6-7-11-17(16)24-3/h4-11H,12-13H2,1-3H3,(H,20,21)/p+1. The zero-order valence-electron chi connectivity index (χ0n) is 15.2. The topological polar surface area (TPSA) is 43.5 Å². The number of rotatable bonds is 7. The van der Waals surface area contributed by atoms with Gasteiger partial charge in [0.2, 0.25) is 5.13 Å². The molecule has 7 heteroatoms. The molecule has 0 amide bonds. The summed E-state index contributed by atoms with van der Waals surface area (Å²) in [4.78, 5) is 1.32. The van der Waals surface area contributed by atoms with E-state index in [0.717, 1.165) is 33.7 Å². The van der Waals surface area contributed by atoms with Crippen molar-refractivity contribution in [2.45, 2.75) is 20.1 Å². The Balaban J connectivity index is 1.70. The molecule has 1 atom stereocenters. The number of hydrogen-bond donors (Lipinski definition) is 2. The molecule has 0 aliphatic carbocycles. The van der Waals surface area contributed by atoms with Gasteiger partial charge >= 0.3 is 0 Å². The van der Waals surface area contributed by atoms with Crippen LogP contribution in [0.5, 0.6) is 5.75 Å². The molecule has 0 radical (unpaired) electrons. The second kappa shape index (κ2) is 8.44. The number of hydrogen-bond acceptors (Lipinski definition) is 5. The fourth-order valence-electron chi connectivity index (χ4n) is 2.76. The summed E-state index contributed by atoms with van der Waals surface area (Å²) >= 11 is 6.96. The number of aromatic nitrogens is 2. The van der Waals surface area contributed by atoms with Crippen molar-refractivity contribution in [2.75, 3.05) is 19.5 Å². The van der Waals surface area contributed by atoms with Crippen LogP contribution in [0.15, 0.2) is 48.5 Å². The van der Waals surface area contributed by atoms with E-state index in [0.29, 0.717) is 0 Å². The molecule has 0 fully saturated rings. The highest BCUT2D eigenvalue weighted by Gasteiger charge is 2.11. The van der Waals surface area contributed by atoms with Crippen LogP contribution >= 0.6 is 23.6 Å². The van der Waals surface area contributed by atoms with Crippen LogP contribution in [0.4, 0.5) is 10.8 Å². The van der Waals surface area contributed by atoms with E-state index in [-0.39, 0.29) is 0 Å². The summed E-state index contributed by atoms with van der Waals surface area (Å²) in [6.07, 6.45) is 0. The van der Waals surface area contributed by atoms with Crippen molar-refractivity contribution in [3.05, 3.63) is 63.6 Å². The van der Waals surface area contributed by atoms with E-state index in [1.165, 1.54) is 27.4 Å². The smallest absolute Gasteiger partial charge is 0.209 e. The zero-order chi connectivity index (χ0) is 18.5. The highest BCUT2D eigenvalue weighted by molar-refractivity contribution is 7.73. The summed E-state index contributed by atoms with van der Waals surface area (Å²) in [5.41, 5.74) is 3.54. The highest BCUT2D eigenvalue weighted by Crippen LogP contribution is 2.28. The molecule has 0 aliphatic rings. The molecular formula is C19H23N4OS2+. The number of methoxy groups -OCH3 is 1. The molecule has 0 saturated carbocycles. The van der Waals surface area contributed by atoms with Gasteiger partial charge in [-0.3, -0.25) is 0 Å². The van der Waals surface area contributed by atoms with E-state index < -0.39 is 0 Å². The van der Waals surface area contributed by atoms with Crippen molar-refractivity contribution >= 4 is 34.4 Å². The second-order valence-electron chi connectivity index (χ2n) is 6.22. The van der Waals surface area contributed by atoms with Crippen LogP contribution in [0.25, 0.3) is 0 Å². The minimum absolute atomic E-state index is 0.720. The van der Waals surface area contributed by atoms with Crippen LogP contribution in [-0.4, -0.2) is 23.9 Å². The van der Waals surface area contributed by atoms with E-state index in [1.807, 2.05) is 28.9 Å². The van der Waals surface area contributed by atoms with Gasteiger partial charge in [-0.2, -0.15) is 4.68 Å². The summed E-state index contributed by atoms with van der Waals surface area (Å²) in [7, 11) is 3.81. The van der Waals surface area contributed by atoms with Crippen molar-refractivity contribution in [2.24, 2.45) is 0 Å². The molecule has 0 aliphatic heterocycles. The average molecular weight is 388 g/mol. The molecule has 5 nitrogen and oxygen atoms in total. The molecule has 0 saturated heterocycles. The molecule has 3 rings (SSSR count). The van der Waals surface area contributed by atoms with E-state index in [9.17, 15) is 0 Å².